The highest BCUT2D eigenvalue weighted by Crippen LogP contribution is 2.14. The van der Waals surface area contributed by atoms with Crippen LogP contribution in [0.4, 0.5) is 0 Å². The maximum atomic E-state index is 12.0. The van der Waals surface area contributed by atoms with E-state index in [9.17, 15) is 8.42 Å². The van der Waals surface area contributed by atoms with Crippen molar-refractivity contribution in [2.75, 3.05) is 33.2 Å². The van der Waals surface area contributed by atoms with Gasteiger partial charge in [0.1, 0.15) is 4.21 Å². The van der Waals surface area contributed by atoms with Gasteiger partial charge in [0, 0.05) is 45.3 Å². The Bertz CT molecular complexity index is 620. The van der Waals surface area contributed by atoms with Crippen molar-refractivity contribution in [1.29, 1.82) is 0 Å². The van der Waals surface area contributed by atoms with Crippen LogP contribution in [0.1, 0.15) is 34.1 Å². The smallest absolute Gasteiger partial charge is 0.250 e. The minimum absolute atomic E-state index is 0.301. The number of thiophene rings is 1. The Morgan fingerprint density at radius 2 is 1.81 bits per heavy atom. The number of sulfonamides is 1. The Hall–Kier alpha value is -1.16. The van der Waals surface area contributed by atoms with Gasteiger partial charge in [-0.1, -0.05) is 6.07 Å². The summed E-state index contributed by atoms with van der Waals surface area (Å²) in [6, 6.07) is 4.38. The van der Waals surface area contributed by atoms with Crippen LogP contribution in [0, 0.1) is 0 Å². The molecule has 0 saturated heterocycles. The van der Waals surface area contributed by atoms with Gasteiger partial charge in [-0.05, 0) is 45.6 Å². The molecule has 9 heteroatoms. The molecule has 0 aliphatic carbocycles. The van der Waals surface area contributed by atoms with Crippen molar-refractivity contribution in [3.8, 4) is 0 Å². The van der Waals surface area contributed by atoms with E-state index in [0.717, 1.165) is 19.5 Å². The van der Waals surface area contributed by atoms with Crippen LogP contribution in [0.25, 0.3) is 0 Å². The molecule has 0 aliphatic heterocycles. The van der Waals surface area contributed by atoms with Gasteiger partial charge in [0.05, 0.1) is 0 Å². The Kier molecular flexibility index (Phi) is 10.1. The molecule has 0 spiro atoms. The van der Waals surface area contributed by atoms with Gasteiger partial charge in [-0.25, -0.2) is 13.1 Å². The number of hydrogen-bond acceptors (Lipinski definition) is 5. The zero-order valence-corrected chi connectivity index (χ0v) is 18.1. The zero-order chi connectivity index (χ0) is 19.6. The van der Waals surface area contributed by atoms with Crippen LogP contribution in [-0.4, -0.2) is 64.6 Å². The van der Waals surface area contributed by atoms with Crippen molar-refractivity contribution in [2.24, 2.45) is 4.99 Å². The third-order valence-corrected chi connectivity index (χ3v) is 6.76. The predicted octanol–water partition coefficient (Wildman–Crippen LogP) is 1.70. The lowest BCUT2D eigenvalue weighted by molar-refractivity contribution is 0.173. The fraction of sp³-hybridized carbons (Fsp3) is 0.706. The van der Waals surface area contributed by atoms with E-state index in [2.05, 4.69) is 52.9 Å². The zero-order valence-electron chi connectivity index (χ0n) is 16.4. The van der Waals surface area contributed by atoms with Crippen LogP contribution in [0.3, 0.4) is 0 Å². The lowest BCUT2D eigenvalue weighted by Gasteiger charge is -2.30. The van der Waals surface area contributed by atoms with Crippen molar-refractivity contribution in [1.82, 2.24) is 20.3 Å². The highest BCUT2D eigenvalue weighted by molar-refractivity contribution is 7.91. The van der Waals surface area contributed by atoms with Crippen LogP contribution >= 0.6 is 11.3 Å². The summed E-state index contributed by atoms with van der Waals surface area (Å²) in [5, 5.41) is 8.14. The quantitative estimate of drug-likeness (QED) is 0.297. The van der Waals surface area contributed by atoms with Crippen molar-refractivity contribution in [3.05, 3.63) is 17.5 Å². The molecule has 0 amide bonds. The van der Waals surface area contributed by atoms with Gasteiger partial charge in [0.15, 0.2) is 5.96 Å². The predicted molar refractivity (Wildman–Crippen MR) is 110 cm³/mol. The fourth-order valence-electron chi connectivity index (χ4n) is 2.66. The molecular formula is C17H33N5O2S2. The van der Waals surface area contributed by atoms with Crippen molar-refractivity contribution >= 4 is 27.3 Å². The normalized spacial score (nSPS) is 13.0. The molecule has 1 aromatic rings. The van der Waals surface area contributed by atoms with Gasteiger partial charge < -0.3 is 10.6 Å². The average molecular weight is 404 g/mol. The van der Waals surface area contributed by atoms with E-state index in [-0.39, 0.29) is 0 Å². The molecule has 1 aromatic heterocycles. The Balaban J connectivity index is 2.25. The number of nitrogens with zero attached hydrogens (tertiary/aromatic N) is 2. The number of aliphatic imine (C=N–C) groups is 1. The molecule has 0 fully saturated rings. The van der Waals surface area contributed by atoms with E-state index < -0.39 is 10.0 Å². The van der Waals surface area contributed by atoms with Crippen LogP contribution < -0.4 is 15.4 Å². The first kappa shape index (κ1) is 22.9. The lowest BCUT2D eigenvalue weighted by Crippen LogP contribution is -2.43. The lowest BCUT2D eigenvalue weighted by atomic mass is 10.2. The van der Waals surface area contributed by atoms with Gasteiger partial charge in [0.25, 0.3) is 0 Å². The standard InChI is InChI=1S/C17H33N5O2S2/c1-14(2)22(15(3)4)12-7-9-19-17(18-5)20-10-11-21-26(23,24)16-8-6-13-25-16/h6,8,13-15,21H,7,9-12H2,1-5H3,(H2,18,19,20). The summed E-state index contributed by atoms with van der Waals surface area (Å²) >= 11 is 1.21. The number of rotatable bonds is 11. The maximum absolute atomic E-state index is 12.0. The minimum Gasteiger partial charge on any atom is -0.356 e. The molecule has 0 aliphatic rings. The monoisotopic (exact) mass is 403 g/mol. The van der Waals surface area contributed by atoms with Gasteiger partial charge in [-0.15, -0.1) is 11.3 Å². The van der Waals surface area contributed by atoms with E-state index in [1.807, 2.05) is 0 Å². The molecule has 26 heavy (non-hydrogen) atoms. The third kappa shape index (κ3) is 8.03. The summed E-state index contributed by atoms with van der Waals surface area (Å²) in [5.74, 6) is 0.681. The highest BCUT2D eigenvalue weighted by Gasteiger charge is 2.14. The molecular weight excluding hydrogens is 370 g/mol. The summed E-state index contributed by atoms with van der Waals surface area (Å²) in [6.45, 7) is 11.5. The third-order valence-electron chi connectivity index (χ3n) is 3.91. The second-order valence-electron chi connectivity index (χ2n) is 6.53. The largest absolute Gasteiger partial charge is 0.356 e. The van der Waals surface area contributed by atoms with Crippen molar-refractivity contribution in [2.45, 2.75) is 50.4 Å². The molecule has 1 heterocycles. The molecule has 150 valence electrons. The SMILES string of the molecule is CN=C(NCCCN(C(C)C)C(C)C)NCCNS(=O)(=O)c1cccs1. The minimum atomic E-state index is -3.41. The van der Waals surface area contributed by atoms with E-state index in [1.165, 1.54) is 11.3 Å². The summed E-state index contributed by atoms with van der Waals surface area (Å²) in [4.78, 5) is 6.62. The molecule has 0 radical (unpaired) electrons. The fourth-order valence-corrected chi connectivity index (χ4v) is 4.72. The van der Waals surface area contributed by atoms with Gasteiger partial charge in [0.2, 0.25) is 10.0 Å². The molecule has 3 N–H and O–H groups in total. The van der Waals surface area contributed by atoms with Crippen LogP contribution in [0.2, 0.25) is 0 Å². The Labute approximate surface area is 162 Å². The van der Waals surface area contributed by atoms with E-state index in [4.69, 9.17) is 0 Å². The van der Waals surface area contributed by atoms with Crippen LogP contribution in [0.15, 0.2) is 26.7 Å². The van der Waals surface area contributed by atoms with E-state index in [0.29, 0.717) is 35.3 Å². The van der Waals surface area contributed by atoms with Gasteiger partial charge >= 0.3 is 0 Å². The first-order chi connectivity index (χ1) is 12.3. The molecule has 7 nitrogen and oxygen atoms in total. The first-order valence-electron chi connectivity index (χ1n) is 9.01. The molecule has 0 saturated carbocycles. The second-order valence-corrected chi connectivity index (χ2v) is 9.48. The number of hydrogen-bond donors (Lipinski definition) is 3. The molecule has 0 atom stereocenters. The van der Waals surface area contributed by atoms with E-state index in [1.54, 1.807) is 24.6 Å². The molecule has 1 rings (SSSR count). The van der Waals surface area contributed by atoms with Crippen LogP contribution in [-0.2, 0) is 10.0 Å². The summed E-state index contributed by atoms with van der Waals surface area (Å²) in [6.07, 6.45) is 1.02. The molecule has 0 bridgehead atoms. The van der Waals surface area contributed by atoms with Gasteiger partial charge in [-0.3, -0.25) is 9.89 Å². The number of guanidine groups is 1. The maximum Gasteiger partial charge on any atom is 0.250 e. The van der Waals surface area contributed by atoms with Crippen molar-refractivity contribution in [3.63, 3.8) is 0 Å². The molecule has 0 unspecified atom stereocenters. The second kappa shape index (κ2) is 11.5. The highest BCUT2D eigenvalue weighted by atomic mass is 32.2. The summed E-state index contributed by atoms with van der Waals surface area (Å²) in [7, 11) is -1.70. The van der Waals surface area contributed by atoms with Gasteiger partial charge in [-0.2, -0.15) is 0 Å². The Morgan fingerprint density at radius 3 is 2.35 bits per heavy atom. The number of nitrogens with one attached hydrogen (secondary N) is 3. The van der Waals surface area contributed by atoms with Crippen LogP contribution in [0.5, 0.6) is 0 Å². The summed E-state index contributed by atoms with van der Waals surface area (Å²) in [5.41, 5.74) is 0. The molecule has 0 aromatic carbocycles. The van der Waals surface area contributed by atoms with Crippen molar-refractivity contribution < 1.29 is 8.42 Å². The topological polar surface area (TPSA) is 85.8 Å². The summed E-state index contributed by atoms with van der Waals surface area (Å²) < 4.78 is 26.9. The Morgan fingerprint density at radius 1 is 1.15 bits per heavy atom. The first-order valence-corrected chi connectivity index (χ1v) is 11.4. The average Bonchev–Trinajstić information content (AvgIpc) is 3.11. The van der Waals surface area contributed by atoms with E-state index >= 15 is 0 Å².